The van der Waals surface area contributed by atoms with Crippen LogP contribution in [0.4, 0.5) is 0 Å². The van der Waals surface area contributed by atoms with Crippen molar-refractivity contribution in [3.05, 3.63) is 35.4 Å². The average molecular weight is 279 g/mol. The maximum atomic E-state index is 5.31. The van der Waals surface area contributed by atoms with Crippen LogP contribution < -0.4 is 0 Å². The van der Waals surface area contributed by atoms with E-state index >= 15 is 0 Å². The Morgan fingerprint density at radius 3 is 2.56 bits per heavy atom. The van der Waals surface area contributed by atoms with E-state index in [9.17, 15) is 0 Å². The van der Waals surface area contributed by atoms with Crippen molar-refractivity contribution in [3.8, 4) is 0 Å². The molecule has 2 atom stereocenters. The minimum Gasteiger partial charge on any atom is -0.373 e. The number of epoxide rings is 1. The molecule has 0 saturated carbocycles. The van der Waals surface area contributed by atoms with Crippen LogP contribution in [0.15, 0.2) is 24.3 Å². The van der Waals surface area contributed by atoms with Crippen molar-refractivity contribution in [2.45, 2.75) is 50.3 Å². The van der Waals surface area contributed by atoms with E-state index in [0.29, 0.717) is 6.10 Å². The largest absolute Gasteiger partial charge is 0.373 e. The summed E-state index contributed by atoms with van der Waals surface area (Å²) in [5.41, 5.74) is 3.03. The Balaban J connectivity index is 1.83. The molecule has 3 heteroatoms. The van der Waals surface area contributed by atoms with Crippen molar-refractivity contribution in [1.29, 1.82) is 0 Å². The lowest BCUT2D eigenvalue weighted by atomic mass is 10.1. The fraction of sp³-hybridized carbons (Fsp3) is 0.600. The molecule has 0 spiro atoms. The van der Waals surface area contributed by atoms with Crippen LogP contribution in [-0.4, -0.2) is 30.3 Å². The Morgan fingerprint density at radius 1 is 1.17 bits per heavy atom. The first-order chi connectivity index (χ1) is 8.63. The molecule has 1 fully saturated rings. The van der Waals surface area contributed by atoms with E-state index in [1.54, 1.807) is 17.7 Å². The molecule has 2 rings (SSSR count). The zero-order chi connectivity index (χ0) is 13.0. The zero-order valence-electron chi connectivity index (χ0n) is 12.0. The number of benzene rings is 1. The highest BCUT2D eigenvalue weighted by Gasteiger charge is 2.22. The smallest absolute Gasteiger partial charge is 0.0850 e. The first kappa shape index (κ1) is 14.0. The molecular weight excluding hydrogens is 252 g/mol. The predicted octanol–water partition coefficient (Wildman–Crippen LogP) is 3.05. The summed E-state index contributed by atoms with van der Waals surface area (Å²) < 4.78 is 5.31. The zero-order valence-corrected chi connectivity index (χ0v) is 14.3. The van der Waals surface area contributed by atoms with E-state index < -0.39 is 8.80 Å². The van der Waals surface area contributed by atoms with E-state index in [-0.39, 0.29) is 8.80 Å². The van der Waals surface area contributed by atoms with Gasteiger partial charge >= 0.3 is 0 Å². The van der Waals surface area contributed by atoms with Gasteiger partial charge in [-0.1, -0.05) is 61.6 Å². The first-order valence-corrected chi connectivity index (χ1v) is 13.2. The van der Waals surface area contributed by atoms with Crippen LogP contribution in [0.25, 0.3) is 0 Å². The van der Waals surface area contributed by atoms with E-state index in [1.807, 2.05) is 0 Å². The molecule has 1 saturated heterocycles. The number of hydrogen-bond donors (Lipinski definition) is 0. The van der Waals surface area contributed by atoms with Gasteiger partial charge in [0, 0.05) is 24.0 Å². The van der Waals surface area contributed by atoms with Gasteiger partial charge in [0.05, 0.1) is 12.7 Å². The summed E-state index contributed by atoms with van der Waals surface area (Å²) in [5.74, 6) is 0. The van der Waals surface area contributed by atoms with E-state index in [4.69, 9.17) is 4.74 Å². The summed E-state index contributed by atoms with van der Waals surface area (Å²) in [6.07, 6.45) is 1.63. The standard InChI is InChI=1S/C15H26OSi2/c1-17(2)7-8-18(3)12-14-6-4-5-13(9-14)10-15-11-16-15/h4-6,9,15,17-18H,7-8,10-12H2,1-3H3. The fourth-order valence-corrected chi connectivity index (χ4v) is 8.66. The van der Waals surface area contributed by atoms with Gasteiger partial charge in [0.2, 0.25) is 0 Å². The number of rotatable bonds is 7. The maximum Gasteiger partial charge on any atom is 0.0850 e. The van der Waals surface area contributed by atoms with E-state index in [2.05, 4.69) is 43.9 Å². The SMILES string of the molecule is C[SiH](C)CC[SiH](C)Cc1cccc(CC2CO2)c1. The van der Waals surface area contributed by atoms with Gasteiger partial charge in [-0.3, -0.25) is 0 Å². The topological polar surface area (TPSA) is 12.5 Å². The van der Waals surface area contributed by atoms with Crippen molar-refractivity contribution < 1.29 is 4.74 Å². The van der Waals surface area contributed by atoms with Crippen molar-refractivity contribution in [2.24, 2.45) is 0 Å². The second-order valence-electron chi connectivity index (χ2n) is 6.26. The van der Waals surface area contributed by atoms with Crippen LogP contribution in [-0.2, 0) is 17.2 Å². The highest BCUT2D eigenvalue weighted by atomic mass is 28.3. The minimum atomic E-state index is -0.522. The highest BCUT2D eigenvalue weighted by Crippen LogP contribution is 2.18. The van der Waals surface area contributed by atoms with Gasteiger partial charge in [-0.15, -0.1) is 0 Å². The molecule has 1 aromatic carbocycles. The first-order valence-electron chi connectivity index (χ1n) is 7.33. The second kappa shape index (κ2) is 6.69. The third-order valence-corrected chi connectivity index (χ3v) is 8.32. The minimum absolute atomic E-state index is 0.338. The van der Waals surface area contributed by atoms with Gasteiger partial charge in [0.1, 0.15) is 0 Å². The Labute approximate surface area is 115 Å². The van der Waals surface area contributed by atoms with E-state index in [1.165, 1.54) is 11.6 Å². The molecule has 0 radical (unpaired) electrons. The van der Waals surface area contributed by atoms with Gasteiger partial charge < -0.3 is 4.74 Å². The average Bonchev–Trinajstić information content (AvgIpc) is 3.11. The predicted molar refractivity (Wildman–Crippen MR) is 85.1 cm³/mol. The molecule has 1 heterocycles. The van der Waals surface area contributed by atoms with Crippen LogP contribution in [0.5, 0.6) is 0 Å². The summed E-state index contributed by atoms with van der Waals surface area (Å²) in [6.45, 7) is 8.44. The Bertz CT molecular complexity index is 375. The lowest BCUT2D eigenvalue weighted by Crippen LogP contribution is -2.14. The lowest BCUT2D eigenvalue weighted by Gasteiger charge is -2.12. The summed E-state index contributed by atoms with van der Waals surface area (Å²) in [5, 5.41) is 0. The van der Waals surface area contributed by atoms with Crippen LogP contribution in [0.1, 0.15) is 11.1 Å². The molecule has 100 valence electrons. The molecular formula is C15H26OSi2. The number of ether oxygens (including phenoxy) is 1. The monoisotopic (exact) mass is 278 g/mol. The molecule has 1 aliphatic rings. The van der Waals surface area contributed by atoms with Gasteiger partial charge in [-0.2, -0.15) is 0 Å². The van der Waals surface area contributed by atoms with Crippen LogP contribution in [0.3, 0.4) is 0 Å². The van der Waals surface area contributed by atoms with Crippen molar-refractivity contribution in [1.82, 2.24) is 0 Å². The molecule has 1 aromatic rings. The van der Waals surface area contributed by atoms with Gasteiger partial charge in [-0.25, -0.2) is 0 Å². The van der Waals surface area contributed by atoms with Gasteiger partial charge in [-0.05, 0) is 11.6 Å². The molecule has 0 amide bonds. The van der Waals surface area contributed by atoms with Crippen LogP contribution in [0.2, 0.25) is 31.7 Å². The molecule has 1 aliphatic heterocycles. The fourth-order valence-electron chi connectivity index (χ4n) is 2.45. The normalized spacial score (nSPS) is 20.1. The Kier molecular flexibility index (Phi) is 5.21. The Hall–Kier alpha value is -0.386. The summed E-state index contributed by atoms with van der Waals surface area (Å²) in [4.78, 5) is 0. The molecule has 1 nitrogen and oxygen atoms in total. The molecule has 0 N–H and O–H groups in total. The molecule has 2 unspecified atom stereocenters. The molecule has 0 aliphatic carbocycles. The third kappa shape index (κ3) is 5.08. The summed E-state index contributed by atoms with van der Waals surface area (Å²) >= 11 is 0. The molecule has 0 aromatic heterocycles. The second-order valence-corrected chi connectivity index (χ2v) is 12.8. The lowest BCUT2D eigenvalue weighted by molar-refractivity contribution is 0.407. The van der Waals surface area contributed by atoms with Crippen molar-refractivity contribution in [2.75, 3.05) is 6.61 Å². The van der Waals surface area contributed by atoms with Gasteiger partial charge in [0.15, 0.2) is 0 Å². The van der Waals surface area contributed by atoms with Crippen molar-refractivity contribution in [3.63, 3.8) is 0 Å². The highest BCUT2D eigenvalue weighted by molar-refractivity contribution is 6.62. The maximum absolute atomic E-state index is 5.31. The van der Waals surface area contributed by atoms with Crippen LogP contribution >= 0.6 is 0 Å². The van der Waals surface area contributed by atoms with Gasteiger partial charge in [0.25, 0.3) is 0 Å². The quantitative estimate of drug-likeness (QED) is 0.552. The summed E-state index contributed by atoms with van der Waals surface area (Å²) in [7, 11) is -0.860. The molecule has 0 bridgehead atoms. The third-order valence-electron chi connectivity index (χ3n) is 3.68. The van der Waals surface area contributed by atoms with E-state index in [0.717, 1.165) is 13.0 Å². The number of hydrogen-bond acceptors (Lipinski definition) is 1. The Morgan fingerprint density at radius 2 is 1.89 bits per heavy atom. The summed E-state index contributed by atoms with van der Waals surface area (Å²) in [6, 6.07) is 13.7. The molecule has 18 heavy (non-hydrogen) atoms. The van der Waals surface area contributed by atoms with Crippen LogP contribution in [0, 0.1) is 0 Å². The van der Waals surface area contributed by atoms with Crippen molar-refractivity contribution >= 4 is 17.6 Å².